The molecule has 0 aliphatic heterocycles. The second-order valence-electron chi connectivity index (χ2n) is 10.2. The number of carbonyl (C=O) groups is 1. The maximum atomic E-state index is 13.0. The van der Waals surface area contributed by atoms with Crippen LogP contribution in [-0.2, 0) is 24.8 Å². The van der Waals surface area contributed by atoms with Gasteiger partial charge >= 0.3 is 6.09 Å². The van der Waals surface area contributed by atoms with Crippen molar-refractivity contribution >= 4 is 61.1 Å². The van der Waals surface area contributed by atoms with Gasteiger partial charge in [-0.15, -0.1) is 0 Å². The summed E-state index contributed by atoms with van der Waals surface area (Å²) in [5.74, 6) is -0.197. The Morgan fingerprint density at radius 2 is 1.74 bits per heavy atom. The van der Waals surface area contributed by atoms with Crippen LogP contribution >= 0.6 is 23.2 Å². The molecule has 13 heteroatoms. The van der Waals surface area contributed by atoms with E-state index in [2.05, 4.69) is 4.72 Å². The van der Waals surface area contributed by atoms with Gasteiger partial charge in [0.05, 0.1) is 28.0 Å². The molecule has 0 fully saturated rings. The number of benzene rings is 2. The first-order valence-corrected chi connectivity index (χ1v) is 15.9. The Kier molecular flexibility index (Phi) is 8.79. The molecule has 3 N–H and O–H groups in total. The van der Waals surface area contributed by atoms with Crippen molar-refractivity contribution in [1.29, 1.82) is 0 Å². The Morgan fingerprint density at radius 1 is 1.08 bits per heavy atom. The SMILES string of the molecule is CN(C(=O)OC(C)(C)C)[C@H]1CC[C@@H](c2ccc(Cl)c(Cl)c2)c2cc(/C=C/S(N)(=O)=O)c(NS(C)(=O)=O)cc21. The molecule has 3 rings (SSSR count). The summed E-state index contributed by atoms with van der Waals surface area (Å²) in [5.41, 5.74) is 2.03. The molecule has 0 heterocycles. The van der Waals surface area contributed by atoms with Gasteiger partial charge in [-0.25, -0.2) is 26.8 Å². The van der Waals surface area contributed by atoms with Crippen molar-refractivity contribution in [2.75, 3.05) is 18.0 Å². The standard InChI is InChI=1S/C25H31Cl2N3O6S2/c1-25(2,3)36-24(31)30(4)23-9-7-17(15-6-8-20(26)21(27)13-15)18-12-16(10-11-38(28,34)35)22(14-19(18)23)29-37(5,32)33/h6,8,10-14,17,23,29H,7,9H2,1-5H3,(H2,28,34,35)/b11-10+/t17-,23-/m0/s1. The summed E-state index contributed by atoms with van der Waals surface area (Å²) in [6.45, 7) is 5.31. The van der Waals surface area contributed by atoms with Gasteiger partial charge in [-0.3, -0.25) is 4.72 Å². The number of rotatable bonds is 6. The normalized spacial score (nSPS) is 18.2. The summed E-state index contributed by atoms with van der Waals surface area (Å²) < 4.78 is 55.6. The summed E-state index contributed by atoms with van der Waals surface area (Å²) in [7, 11) is -6.10. The van der Waals surface area contributed by atoms with E-state index in [4.69, 9.17) is 33.1 Å². The van der Waals surface area contributed by atoms with Gasteiger partial charge in [-0.1, -0.05) is 29.3 Å². The number of anilines is 1. The fraction of sp³-hybridized carbons (Fsp3) is 0.400. The molecule has 0 saturated heterocycles. The lowest BCUT2D eigenvalue weighted by atomic mass is 9.75. The highest BCUT2D eigenvalue weighted by atomic mass is 35.5. The number of sulfonamides is 2. The number of primary sulfonamides is 1. The molecule has 0 bridgehead atoms. The van der Waals surface area contributed by atoms with E-state index in [9.17, 15) is 21.6 Å². The Balaban J connectivity index is 2.25. The third-order valence-electron chi connectivity index (χ3n) is 5.95. The zero-order valence-electron chi connectivity index (χ0n) is 21.7. The summed E-state index contributed by atoms with van der Waals surface area (Å²) in [5, 5.41) is 6.73. The zero-order valence-corrected chi connectivity index (χ0v) is 24.8. The van der Waals surface area contributed by atoms with E-state index < -0.39 is 37.8 Å². The fourth-order valence-electron chi connectivity index (χ4n) is 4.41. The van der Waals surface area contributed by atoms with Crippen LogP contribution in [-0.4, -0.2) is 46.7 Å². The second kappa shape index (κ2) is 11.1. The maximum absolute atomic E-state index is 13.0. The fourth-order valence-corrected chi connectivity index (χ4v) is 5.63. The number of amides is 1. The molecule has 1 amide bonds. The minimum atomic E-state index is -3.99. The van der Waals surface area contributed by atoms with E-state index in [-0.39, 0.29) is 17.2 Å². The Labute approximate surface area is 234 Å². The van der Waals surface area contributed by atoms with E-state index in [0.717, 1.165) is 22.8 Å². The van der Waals surface area contributed by atoms with Crippen LogP contribution in [0, 0.1) is 0 Å². The van der Waals surface area contributed by atoms with E-state index in [1.54, 1.807) is 52.1 Å². The Bertz CT molecular complexity index is 1490. The molecule has 0 unspecified atom stereocenters. The van der Waals surface area contributed by atoms with Crippen molar-refractivity contribution in [3.05, 3.63) is 68.0 Å². The van der Waals surface area contributed by atoms with E-state index in [1.165, 1.54) is 11.0 Å². The number of carbonyl (C=O) groups excluding carboxylic acids is 1. The van der Waals surface area contributed by atoms with Gasteiger partial charge in [0.25, 0.3) is 0 Å². The lowest BCUT2D eigenvalue weighted by Crippen LogP contribution is -2.38. The quantitative estimate of drug-likeness (QED) is 0.450. The predicted molar refractivity (Wildman–Crippen MR) is 151 cm³/mol. The Hall–Kier alpha value is -2.31. The van der Waals surface area contributed by atoms with Crippen LogP contribution in [0.25, 0.3) is 6.08 Å². The van der Waals surface area contributed by atoms with Crippen molar-refractivity contribution in [3.63, 3.8) is 0 Å². The molecule has 0 aromatic heterocycles. The first kappa shape index (κ1) is 30.2. The molecule has 9 nitrogen and oxygen atoms in total. The van der Waals surface area contributed by atoms with Crippen LogP contribution in [0.5, 0.6) is 0 Å². The molecule has 1 aliphatic rings. The zero-order chi connectivity index (χ0) is 28.6. The molecule has 2 aromatic rings. The van der Waals surface area contributed by atoms with Crippen LogP contribution in [0.2, 0.25) is 10.0 Å². The molecule has 0 spiro atoms. The number of nitrogens with zero attached hydrogens (tertiary/aromatic N) is 1. The van der Waals surface area contributed by atoms with Crippen molar-refractivity contribution in [2.45, 2.75) is 51.2 Å². The highest BCUT2D eigenvalue weighted by Gasteiger charge is 2.35. The topological polar surface area (TPSA) is 136 Å². The smallest absolute Gasteiger partial charge is 0.410 e. The van der Waals surface area contributed by atoms with Crippen LogP contribution in [0.1, 0.15) is 67.8 Å². The number of nitrogens with two attached hydrogens (primary N) is 1. The summed E-state index contributed by atoms with van der Waals surface area (Å²) in [6, 6.07) is 8.18. The number of nitrogens with one attached hydrogen (secondary N) is 1. The van der Waals surface area contributed by atoms with Crippen LogP contribution in [0.3, 0.4) is 0 Å². The monoisotopic (exact) mass is 603 g/mol. The molecular formula is C25H31Cl2N3O6S2. The van der Waals surface area contributed by atoms with Crippen LogP contribution < -0.4 is 9.86 Å². The second-order valence-corrected chi connectivity index (χ2v) is 14.3. The first-order chi connectivity index (χ1) is 17.3. The minimum Gasteiger partial charge on any atom is -0.444 e. The van der Waals surface area contributed by atoms with Crippen molar-refractivity contribution in [3.8, 4) is 0 Å². The number of halogens is 2. The van der Waals surface area contributed by atoms with E-state index >= 15 is 0 Å². The van der Waals surface area contributed by atoms with E-state index in [1.807, 2.05) is 6.07 Å². The van der Waals surface area contributed by atoms with E-state index in [0.29, 0.717) is 28.5 Å². The highest BCUT2D eigenvalue weighted by Crippen LogP contribution is 2.46. The highest BCUT2D eigenvalue weighted by molar-refractivity contribution is 7.92. The summed E-state index contributed by atoms with van der Waals surface area (Å²) >= 11 is 12.4. The number of fused-ring (bicyclic) bond motifs is 1. The molecule has 2 aromatic carbocycles. The minimum absolute atomic E-state index is 0.142. The van der Waals surface area contributed by atoms with Crippen LogP contribution in [0.15, 0.2) is 35.7 Å². The first-order valence-electron chi connectivity index (χ1n) is 11.6. The molecule has 0 saturated carbocycles. The number of hydrogen-bond donors (Lipinski definition) is 2. The van der Waals surface area contributed by atoms with Gasteiger partial charge in [0.15, 0.2) is 0 Å². The lowest BCUT2D eigenvalue weighted by Gasteiger charge is -2.38. The van der Waals surface area contributed by atoms with Gasteiger partial charge in [0.2, 0.25) is 20.0 Å². The van der Waals surface area contributed by atoms with Crippen molar-refractivity contribution in [1.82, 2.24) is 4.90 Å². The van der Waals surface area contributed by atoms with Crippen molar-refractivity contribution in [2.24, 2.45) is 5.14 Å². The van der Waals surface area contributed by atoms with Gasteiger partial charge < -0.3 is 9.64 Å². The Morgan fingerprint density at radius 3 is 2.29 bits per heavy atom. The largest absolute Gasteiger partial charge is 0.444 e. The van der Waals surface area contributed by atoms with Gasteiger partial charge in [-0.2, -0.15) is 0 Å². The number of hydrogen-bond acceptors (Lipinski definition) is 6. The molecular weight excluding hydrogens is 573 g/mol. The van der Waals surface area contributed by atoms with Crippen LogP contribution in [0.4, 0.5) is 10.5 Å². The number of ether oxygens (including phenoxy) is 1. The molecule has 38 heavy (non-hydrogen) atoms. The lowest BCUT2D eigenvalue weighted by molar-refractivity contribution is 0.0202. The molecule has 1 aliphatic carbocycles. The average molecular weight is 605 g/mol. The van der Waals surface area contributed by atoms with Crippen molar-refractivity contribution < 1.29 is 26.4 Å². The molecule has 0 radical (unpaired) electrons. The molecule has 208 valence electrons. The van der Waals surface area contributed by atoms with Gasteiger partial charge in [0, 0.05) is 18.4 Å². The predicted octanol–water partition coefficient (Wildman–Crippen LogP) is 5.46. The summed E-state index contributed by atoms with van der Waals surface area (Å²) in [6.07, 6.45) is 2.84. The maximum Gasteiger partial charge on any atom is 0.410 e. The van der Waals surface area contributed by atoms with Gasteiger partial charge in [0.1, 0.15) is 5.60 Å². The average Bonchev–Trinajstić information content (AvgIpc) is 2.75. The third-order valence-corrected chi connectivity index (χ3v) is 7.79. The third kappa shape index (κ3) is 7.86. The molecule has 2 atom stereocenters. The summed E-state index contributed by atoms with van der Waals surface area (Å²) in [4.78, 5) is 14.4. The van der Waals surface area contributed by atoms with Gasteiger partial charge in [-0.05, 0) is 86.2 Å².